The molecule has 0 bridgehead atoms. The maximum atomic E-state index is 13.0. The summed E-state index contributed by atoms with van der Waals surface area (Å²) in [5.74, 6) is -0.402. The number of urea groups is 1. The second-order valence-electron chi connectivity index (χ2n) is 6.39. The third-order valence-corrected chi connectivity index (χ3v) is 4.62. The fourth-order valence-corrected chi connectivity index (χ4v) is 3.14. The van der Waals surface area contributed by atoms with Crippen molar-refractivity contribution < 1.29 is 23.8 Å². The molecule has 1 saturated heterocycles. The standard InChI is InChI=1S/C20H21FN2O4/c1-2-20(14-6-4-3-5-7-14)18(25)23(19(26)22-20)12-16(24)13-27-17-10-8-15(21)9-11-17/h3-11,16,24H,2,12-13H2,1H3,(H,22,26). The molecule has 0 radical (unpaired) electrons. The van der Waals surface area contributed by atoms with Crippen LogP contribution in [0.2, 0.25) is 0 Å². The summed E-state index contributed by atoms with van der Waals surface area (Å²) in [6, 6.07) is 13.8. The number of ether oxygens (including phenoxy) is 1. The van der Waals surface area contributed by atoms with E-state index in [-0.39, 0.29) is 19.0 Å². The van der Waals surface area contributed by atoms with E-state index in [0.29, 0.717) is 17.7 Å². The number of β-amino-alcohol motifs (C(OH)–C–C–N with tert-alkyl or cyclic N) is 1. The highest BCUT2D eigenvalue weighted by atomic mass is 19.1. The van der Waals surface area contributed by atoms with Crippen LogP contribution in [0.3, 0.4) is 0 Å². The number of aliphatic hydroxyl groups is 1. The van der Waals surface area contributed by atoms with Crippen molar-refractivity contribution >= 4 is 11.9 Å². The zero-order valence-corrected chi connectivity index (χ0v) is 14.9. The van der Waals surface area contributed by atoms with Crippen LogP contribution in [0.15, 0.2) is 54.6 Å². The summed E-state index contributed by atoms with van der Waals surface area (Å²) in [6.07, 6.45) is -0.687. The molecule has 2 aromatic carbocycles. The van der Waals surface area contributed by atoms with Crippen molar-refractivity contribution in [3.05, 3.63) is 66.0 Å². The number of hydrogen-bond donors (Lipinski definition) is 2. The average molecular weight is 372 g/mol. The molecule has 1 aliphatic rings. The third kappa shape index (κ3) is 3.78. The van der Waals surface area contributed by atoms with Crippen molar-refractivity contribution in [3.8, 4) is 5.75 Å². The van der Waals surface area contributed by atoms with Crippen LogP contribution in [-0.2, 0) is 10.3 Å². The van der Waals surface area contributed by atoms with E-state index >= 15 is 0 Å². The van der Waals surface area contributed by atoms with Gasteiger partial charge in [-0.15, -0.1) is 0 Å². The molecule has 7 heteroatoms. The topological polar surface area (TPSA) is 78.9 Å². The lowest BCUT2D eigenvalue weighted by Crippen LogP contribution is -2.44. The van der Waals surface area contributed by atoms with Gasteiger partial charge >= 0.3 is 6.03 Å². The van der Waals surface area contributed by atoms with E-state index in [1.807, 2.05) is 13.0 Å². The molecule has 2 N–H and O–H groups in total. The highest BCUT2D eigenvalue weighted by molar-refractivity contribution is 6.07. The van der Waals surface area contributed by atoms with E-state index in [9.17, 15) is 19.1 Å². The summed E-state index contributed by atoms with van der Waals surface area (Å²) < 4.78 is 18.3. The van der Waals surface area contributed by atoms with E-state index in [2.05, 4.69) is 5.32 Å². The van der Waals surface area contributed by atoms with Crippen molar-refractivity contribution in [2.24, 2.45) is 0 Å². The molecule has 142 valence electrons. The van der Waals surface area contributed by atoms with Crippen molar-refractivity contribution in [2.45, 2.75) is 25.0 Å². The summed E-state index contributed by atoms with van der Waals surface area (Å²) in [4.78, 5) is 26.4. The first-order valence-corrected chi connectivity index (χ1v) is 8.72. The van der Waals surface area contributed by atoms with E-state index in [1.165, 1.54) is 24.3 Å². The Morgan fingerprint density at radius 1 is 1.15 bits per heavy atom. The van der Waals surface area contributed by atoms with Gasteiger partial charge in [-0.25, -0.2) is 9.18 Å². The number of amides is 3. The van der Waals surface area contributed by atoms with Gasteiger partial charge in [-0.3, -0.25) is 9.69 Å². The fraction of sp³-hybridized carbons (Fsp3) is 0.300. The molecule has 3 rings (SSSR count). The molecule has 0 aromatic heterocycles. The largest absolute Gasteiger partial charge is 0.491 e. The van der Waals surface area contributed by atoms with E-state index < -0.39 is 23.6 Å². The fourth-order valence-electron chi connectivity index (χ4n) is 3.14. The van der Waals surface area contributed by atoms with Crippen LogP contribution in [0.5, 0.6) is 5.75 Å². The van der Waals surface area contributed by atoms with Gasteiger partial charge in [0.25, 0.3) is 5.91 Å². The highest BCUT2D eigenvalue weighted by Crippen LogP contribution is 2.32. The molecule has 3 amide bonds. The average Bonchev–Trinajstić information content (AvgIpc) is 2.93. The second kappa shape index (κ2) is 7.75. The van der Waals surface area contributed by atoms with Gasteiger partial charge in [0.1, 0.15) is 29.8 Å². The molecule has 2 atom stereocenters. The quantitative estimate of drug-likeness (QED) is 0.732. The lowest BCUT2D eigenvalue weighted by Gasteiger charge is -2.26. The Morgan fingerprint density at radius 2 is 1.81 bits per heavy atom. The van der Waals surface area contributed by atoms with Gasteiger partial charge in [-0.2, -0.15) is 0 Å². The monoisotopic (exact) mass is 372 g/mol. The van der Waals surface area contributed by atoms with Gasteiger partial charge in [0.2, 0.25) is 0 Å². The number of carbonyl (C=O) groups excluding carboxylic acids is 2. The van der Waals surface area contributed by atoms with Crippen LogP contribution in [-0.4, -0.2) is 41.2 Å². The van der Waals surface area contributed by atoms with Crippen LogP contribution in [0.4, 0.5) is 9.18 Å². The Labute approximate surface area is 156 Å². The minimum absolute atomic E-state index is 0.132. The minimum Gasteiger partial charge on any atom is -0.491 e. The number of nitrogens with one attached hydrogen (secondary N) is 1. The first-order chi connectivity index (χ1) is 13.0. The normalized spacial score (nSPS) is 20.5. The summed E-state index contributed by atoms with van der Waals surface area (Å²) in [6.45, 7) is 1.50. The predicted octanol–water partition coefficient (Wildman–Crippen LogP) is 2.42. The number of rotatable bonds is 7. The summed E-state index contributed by atoms with van der Waals surface area (Å²) in [5, 5.41) is 13.0. The van der Waals surface area contributed by atoms with Crippen molar-refractivity contribution in [1.29, 1.82) is 0 Å². The Bertz CT molecular complexity index is 812. The smallest absolute Gasteiger partial charge is 0.325 e. The van der Waals surface area contributed by atoms with Gasteiger partial charge < -0.3 is 15.2 Å². The molecule has 1 fully saturated rings. The maximum absolute atomic E-state index is 13.0. The van der Waals surface area contributed by atoms with Crippen molar-refractivity contribution in [1.82, 2.24) is 10.2 Å². The Kier molecular flexibility index (Phi) is 5.41. The second-order valence-corrected chi connectivity index (χ2v) is 6.39. The Hall–Kier alpha value is -2.93. The van der Waals surface area contributed by atoms with Crippen LogP contribution in [0, 0.1) is 5.82 Å². The first-order valence-electron chi connectivity index (χ1n) is 8.72. The molecule has 1 heterocycles. The molecule has 0 aliphatic carbocycles. The molecule has 2 aromatic rings. The van der Waals surface area contributed by atoms with E-state index in [1.54, 1.807) is 24.3 Å². The predicted molar refractivity (Wildman–Crippen MR) is 96.6 cm³/mol. The molecule has 6 nitrogen and oxygen atoms in total. The van der Waals surface area contributed by atoms with Gasteiger partial charge in [-0.05, 0) is 36.2 Å². The highest BCUT2D eigenvalue weighted by Gasteiger charge is 2.51. The zero-order valence-electron chi connectivity index (χ0n) is 14.9. The number of carbonyl (C=O) groups is 2. The van der Waals surface area contributed by atoms with E-state index in [4.69, 9.17) is 4.74 Å². The lowest BCUT2D eigenvalue weighted by atomic mass is 9.87. The molecule has 27 heavy (non-hydrogen) atoms. The number of halogens is 1. The third-order valence-electron chi connectivity index (χ3n) is 4.62. The maximum Gasteiger partial charge on any atom is 0.325 e. The van der Waals surface area contributed by atoms with Crippen molar-refractivity contribution in [3.63, 3.8) is 0 Å². The SMILES string of the molecule is CCC1(c2ccccc2)NC(=O)N(CC(O)COc2ccc(F)cc2)C1=O. The van der Waals surface area contributed by atoms with Crippen LogP contribution in [0.1, 0.15) is 18.9 Å². The van der Waals surface area contributed by atoms with Gasteiger partial charge in [0.15, 0.2) is 0 Å². The molecule has 2 unspecified atom stereocenters. The summed E-state index contributed by atoms with van der Waals surface area (Å²) in [7, 11) is 0. The molecular weight excluding hydrogens is 351 g/mol. The molecule has 1 aliphatic heterocycles. The summed E-state index contributed by atoms with van der Waals surface area (Å²) >= 11 is 0. The van der Waals surface area contributed by atoms with Crippen LogP contribution < -0.4 is 10.1 Å². The van der Waals surface area contributed by atoms with Gasteiger partial charge in [0, 0.05) is 0 Å². The van der Waals surface area contributed by atoms with Gasteiger partial charge in [0.05, 0.1) is 6.54 Å². The van der Waals surface area contributed by atoms with Crippen LogP contribution >= 0.6 is 0 Å². The number of nitrogens with zero attached hydrogens (tertiary/aromatic N) is 1. The number of aliphatic hydroxyl groups excluding tert-OH is 1. The Morgan fingerprint density at radius 3 is 2.44 bits per heavy atom. The number of hydrogen-bond acceptors (Lipinski definition) is 4. The molecule has 0 spiro atoms. The van der Waals surface area contributed by atoms with Gasteiger partial charge in [-0.1, -0.05) is 37.3 Å². The lowest BCUT2D eigenvalue weighted by molar-refractivity contribution is -0.132. The molecule has 0 saturated carbocycles. The van der Waals surface area contributed by atoms with E-state index in [0.717, 1.165) is 4.90 Å². The number of benzene rings is 2. The molecular formula is C20H21FN2O4. The van der Waals surface area contributed by atoms with Crippen molar-refractivity contribution in [2.75, 3.05) is 13.2 Å². The zero-order chi connectivity index (χ0) is 19.4. The minimum atomic E-state index is -1.13. The summed E-state index contributed by atoms with van der Waals surface area (Å²) in [5.41, 5.74) is -0.430. The Balaban J connectivity index is 1.67. The number of imide groups is 1. The first kappa shape index (κ1) is 18.8. The van der Waals surface area contributed by atoms with Crippen LogP contribution in [0.25, 0.3) is 0 Å².